The molecule has 0 aliphatic heterocycles. The van der Waals surface area contributed by atoms with E-state index in [0.717, 1.165) is 25.9 Å². The van der Waals surface area contributed by atoms with Crippen LogP contribution in [-0.4, -0.2) is 18.1 Å². The minimum Gasteiger partial charge on any atom is -0.441 e. The van der Waals surface area contributed by atoms with Crippen LogP contribution < -0.4 is 5.32 Å². The van der Waals surface area contributed by atoms with Crippen LogP contribution in [0.5, 0.6) is 0 Å². The highest BCUT2D eigenvalue weighted by atomic mass is 35.5. The SMILES string of the molecule is CC(C)CNCCCc1ncc(-c2c(Cl)cccc2Cl)o1. The number of halogens is 2. The molecule has 1 aromatic heterocycles. The van der Waals surface area contributed by atoms with Gasteiger partial charge in [-0.1, -0.05) is 43.1 Å². The quantitative estimate of drug-likeness (QED) is 0.741. The van der Waals surface area contributed by atoms with Gasteiger partial charge in [0.25, 0.3) is 0 Å². The third-order valence-corrected chi connectivity index (χ3v) is 3.69. The summed E-state index contributed by atoms with van der Waals surface area (Å²) in [6, 6.07) is 5.40. The maximum absolute atomic E-state index is 6.17. The normalized spacial score (nSPS) is 11.3. The van der Waals surface area contributed by atoms with Crippen molar-refractivity contribution in [3.8, 4) is 11.3 Å². The second kappa shape index (κ2) is 7.83. The van der Waals surface area contributed by atoms with Gasteiger partial charge in [-0.15, -0.1) is 0 Å². The minimum atomic E-state index is 0.573. The summed E-state index contributed by atoms with van der Waals surface area (Å²) in [7, 11) is 0. The first kappa shape index (κ1) is 16.3. The Hall–Kier alpha value is -1.03. The summed E-state index contributed by atoms with van der Waals surface area (Å²) in [5.74, 6) is 2.00. The third kappa shape index (κ3) is 4.73. The number of oxazole rings is 1. The molecule has 114 valence electrons. The van der Waals surface area contributed by atoms with Crippen LogP contribution in [0.15, 0.2) is 28.8 Å². The molecule has 0 atom stereocenters. The molecule has 0 aliphatic carbocycles. The zero-order chi connectivity index (χ0) is 15.2. The minimum absolute atomic E-state index is 0.573. The number of aryl methyl sites for hydroxylation is 1. The summed E-state index contributed by atoms with van der Waals surface area (Å²) in [6.45, 7) is 6.39. The summed E-state index contributed by atoms with van der Waals surface area (Å²) < 4.78 is 5.75. The first-order valence-corrected chi connectivity index (χ1v) is 7.93. The zero-order valence-electron chi connectivity index (χ0n) is 12.3. The number of nitrogens with zero attached hydrogens (tertiary/aromatic N) is 1. The molecule has 0 unspecified atom stereocenters. The van der Waals surface area contributed by atoms with Crippen molar-refractivity contribution in [2.24, 2.45) is 5.92 Å². The molecule has 3 nitrogen and oxygen atoms in total. The number of benzene rings is 1. The summed E-state index contributed by atoms with van der Waals surface area (Å²) in [4.78, 5) is 4.30. The molecule has 2 rings (SSSR count). The van der Waals surface area contributed by atoms with Crippen LogP contribution >= 0.6 is 23.2 Å². The fourth-order valence-electron chi connectivity index (χ4n) is 2.03. The molecule has 1 aromatic carbocycles. The smallest absolute Gasteiger partial charge is 0.194 e. The number of hydrogen-bond acceptors (Lipinski definition) is 3. The van der Waals surface area contributed by atoms with E-state index in [4.69, 9.17) is 27.6 Å². The number of aromatic nitrogens is 1. The highest BCUT2D eigenvalue weighted by molar-refractivity contribution is 6.39. The Bertz CT molecular complexity index is 561. The maximum atomic E-state index is 6.17. The number of nitrogens with one attached hydrogen (secondary N) is 1. The molecule has 1 N–H and O–H groups in total. The van der Waals surface area contributed by atoms with E-state index in [1.54, 1.807) is 18.3 Å². The molecule has 0 bridgehead atoms. The number of hydrogen-bond donors (Lipinski definition) is 1. The van der Waals surface area contributed by atoms with E-state index in [1.807, 2.05) is 6.07 Å². The van der Waals surface area contributed by atoms with Crippen LogP contribution in [0.4, 0.5) is 0 Å². The van der Waals surface area contributed by atoms with E-state index < -0.39 is 0 Å². The third-order valence-electron chi connectivity index (χ3n) is 3.06. The van der Waals surface area contributed by atoms with Crippen molar-refractivity contribution in [1.29, 1.82) is 0 Å². The fourth-order valence-corrected chi connectivity index (χ4v) is 2.61. The molecule has 0 spiro atoms. The highest BCUT2D eigenvalue weighted by Gasteiger charge is 2.13. The van der Waals surface area contributed by atoms with Crippen LogP contribution in [0.3, 0.4) is 0 Å². The first-order valence-electron chi connectivity index (χ1n) is 7.17. The Labute approximate surface area is 135 Å². The van der Waals surface area contributed by atoms with Crippen molar-refractivity contribution in [1.82, 2.24) is 10.3 Å². The molecule has 21 heavy (non-hydrogen) atoms. The van der Waals surface area contributed by atoms with Crippen molar-refractivity contribution in [3.05, 3.63) is 40.3 Å². The Morgan fingerprint density at radius 1 is 1.24 bits per heavy atom. The zero-order valence-corrected chi connectivity index (χ0v) is 13.8. The average molecular weight is 327 g/mol. The molecular weight excluding hydrogens is 307 g/mol. The van der Waals surface area contributed by atoms with Crippen LogP contribution in [0.25, 0.3) is 11.3 Å². The Balaban J connectivity index is 1.93. The van der Waals surface area contributed by atoms with Gasteiger partial charge in [-0.25, -0.2) is 4.98 Å². The summed E-state index contributed by atoms with van der Waals surface area (Å²) >= 11 is 12.3. The van der Waals surface area contributed by atoms with E-state index >= 15 is 0 Å². The predicted molar refractivity (Wildman–Crippen MR) is 88.0 cm³/mol. The van der Waals surface area contributed by atoms with E-state index in [2.05, 4.69) is 24.1 Å². The lowest BCUT2D eigenvalue weighted by atomic mass is 10.2. The van der Waals surface area contributed by atoms with Crippen LogP contribution in [0.2, 0.25) is 10.0 Å². The van der Waals surface area contributed by atoms with Gasteiger partial charge in [-0.2, -0.15) is 0 Å². The van der Waals surface area contributed by atoms with E-state index in [9.17, 15) is 0 Å². The molecule has 0 fully saturated rings. The van der Waals surface area contributed by atoms with E-state index in [-0.39, 0.29) is 0 Å². The lowest BCUT2D eigenvalue weighted by Crippen LogP contribution is -2.21. The van der Waals surface area contributed by atoms with E-state index in [1.165, 1.54) is 0 Å². The lowest BCUT2D eigenvalue weighted by molar-refractivity contribution is 0.483. The van der Waals surface area contributed by atoms with E-state index in [0.29, 0.717) is 33.2 Å². The van der Waals surface area contributed by atoms with Gasteiger partial charge < -0.3 is 9.73 Å². The maximum Gasteiger partial charge on any atom is 0.194 e. The molecule has 0 radical (unpaired) electrons. The fraction of sp³-hybridized carbons (Fsp3) is 0.438. The standard InChI is InChI=1S/C16H20Cl2N2O/c1-11(2)9-19-8-4-7-15-20-10-14(21-15)16-12(17)5-3-6-13(16)18/h3,5-6,10-11,19H,4,7-9H2,1-2H3. The largest absolute Gasteiger partial charge is 0.441 e. The Morgan fingerprint density at radius 3 is 2.62 bits per heavy atom. The van der Waals surface area contributed by atoms with Crippen LogP contribution in [0.1, 0.15) is 26.2 Å². The molecule has 1 heterocycles. The van der Waals surface area contributed by atoms with Gasteiger partial charge in [0.1, 0.15) is 0 Å². The second-order valence-electron chi connectivity index (χ2n) is 5.42. The van der Waals surface area contributed by atoms with Gasteiger partial charge in [0.05, 0.1) is 21.8 Å². The molecule has 5 heteroatoms. The average Bonchev–Trinajstić information content (AvgIpc) is 2.86. The summed E-state index contributed by atoms with van der Waals surface area (Å²) in [5, 5.41) is 4.55. The topological polar surface area (TPSA) is 38.1 Å². The highest BCUT2D eigenvalue weighted by Crippen LogP contribution is 2.34. The van der Waals surface area contributed by atoms with Gasteiger partial charge in [-0.05, 0) is 37.6 Å². The second-order valence-corrected chi connectivity index (χ2v) is 6.23. The van der Waals surface area contributed by atoms with Crippen molar-refractivity contribution in [2.45, 2.75) is 26.7 Å². The van der Waals surface area contributed by atoms with Crippen molar-refractivity contribution < 1.29 is 4.42 Å². The van der Waals surface area contributed by atoms with Gasteiger partial charge in [0.2, 0.25) is 0 Å². The van der Waals surface area contributed by atoms with Gasteiger partial charge in [0, 0.05) is 6.42 Å². The van der Waals surface area contributed by atoms with Crippen molar-refractivity contribution in [2.75, 3.05) is 13.1 Å². The molecule has 0 amide bonds. The summed E-state index contributed by atoms with van der Waals surface area (Å²) in [6.07, 6.45) is 3.47. The lowest BCUT2D eigenvalue weighted by Gasteiger charge is -2.06. The van der Waals surface area contributed by atoms with Gasteiger partial charge in [0.15, 0.2) is 11.7 Å². The Kier molecular flexibility index (Phi) is 6.09. The molecule has 0 aliphatic rings. The van der Waals surface area contributed by atoms with Crippen molar-refractivity contribution in [3.63, 3.8) is 0 Å². The van der Waals surface area contributed by atoms with Crippen LogP contribution in [0, 0.1) is 5.92 Å². The van der Waals surface area contributed by atoms with Crippen molar-refractivity contribution >= 4 is 23.2 Å². The molecule has 0 saturated carbocycles. The van der Waals surface area contributed by atoms with Gasteiger partial charge in [-0.3, -0.25) is 0 Å². The molecular formula is C16H20Cl2N2O. The summed E-state index contributed by atoms with van der Waals surface area (Å²) in [5.41, 5.74) is 0.706. The Morgan fingerprint density at radius 2 is 1.95 bits per heavy atom. The number of rotatable bonds is 7. The molecule has 2 aromatic rings. The molecule has 0 saturated heterocycles. The predicted octanol–water partition coefficient (Wildman–Crippen LogP) is 4.83. The van der Waals surface area contributed by atoms with Crippen LogP contribution in [-0.2, 0) is 6.42 Å². The van der Waals surface area contributed by atoms with Gasteiger partial charge >= 0.3 is 0 Å². The first-order chi connectivity index (χ1) is 10.1. The monoisotopic (exact) mass is 326 g/mol.